The summed E-state index contributed by atoms with van der Waals surface area (Å²) in [7, 11) is 0. The highest BCUT2D eigenvalue weighted by Crippen LogP contribution is 2.41. The Morgan fingerprint density at radius 2 is 0.844 bits per heavy atom. The molecule has 0 radical (unpaired) electrons. The molecule has 0 unspecified atom stereocenters. The lowest BCUT2D eigenvalue weighted by molar-refractivity contribution is -0.122. The topological polar surface area (TPSA) is 34.1 Å². The lowest BCUT2D eigenvalue weighted by atomic mass is 9.68. The Balaban J connectivity index is 2.55. The minimum absolute atomic E-state index is 0.145. The summed E-state index contributed by atoms with van der Waals surface area (Å²) in [5.74, 6) is 0.164. The van der Waals surface area contributed by atoms with Crippen LogP contribution >= 0.6 is 0 Å². The number of rotatable bonds is 2. The zero-order valence-electron chi connectivity index (χ0n) is 22.4. The molecule has 0 saturated carbocycles. The van der Waals surface area contributed by atoms with Crippen molar-refractivity contribution in [1.29, 1.82) is 0 Å². The maximum atomic E-state index is 13.2. The molecule has 0 aromatic rings. The van der Waals surface area contributed by atoms with Gasteiger partial charge in [-0.2, -0.15) is 0 Å². The van der Waals surface area contributed by atoms with Gasteiger partial charge in [0.1, 0.15) is 0 Å². The van der Waals surface area contributed by atoms with Crippen molar-refractivity contribution < 1.29 is 9.59 Å². The fourth-order valence-electron chi connectivity index (χ4n) is 4.30. The number of hydrogen-bond donors (Lipinski definition) is 0. The van der Waals surface area contributed by atoms with Gasteiger partial charge in [-0.05, 0) is 45.0 Å². The first-order chi connectivity index (χ1) is 14.2. The monoisotopic (exact) mass is 436 g/mol. The molecule has 0 fully saturated rings. The molecule has 0 spiro atoms. The fourth-order valence-corrected chi connectivity index (χ4v) is 4.30. The third-order valence-corrected chi connectivity index (χ3v) is 6.39. The van der Waals surface area contributed by atoms with Gasteiger partial charge in [-0.1, -0.05) is 107 Å². The largest absolute Gasteiger partial charge is 0.294 e. The van der Waals surface area contributed by atoms with Crippen LogP contribution in [0.1, 0.15) is 83.1 Å². The molecule has 176 valence electrons. The highest BCUT2D eigenvalue weighted by Gasteiger charge is 2.38. The van der Waals surface area contributed by atoms with Crippen molar-refractivity contribution in [3.05, 3.63) is 58.7 Å². The van der Waals surface area contributed by atoms with E-state index in [2.05, 4.69) is 107 Å². The van der Waals surface area contributed by atoms with Crippen LogP contribution in [0.15, 0.2) is 58.7 Å². The Labute approximate surface area is 196 Å². The van der Waals surface area contributed by atoms with Crippen molar-refractivity contribution in [1.82, 2.24) is 0 Å². The van der Waals surface area contributed by atoms with Gasteiger partial charge in [0.25, 0.3) is 0 Å². The lowest BCUT2D eigenvalue weighted by Gasteiger charge is -2.35. The van der Waals surface area contributed by atoms with Gasteiger partial charge in [0.05, 0.1) is 0 Å². The highest BCUT2D eigenvalue weighted by molar-refractivity contribution is 6.02. The normalized spacial score (nSPS) is 23.8. The molecule has 0 aromatic carbocycles. The number of allylic oxidation sites excluding steroid dienone is 10. The molecule has 2 rings (SSSR count). The molecule has 32 heavy (non-hydrogen) atoms. The van der Waals surface area contributed by atoms with Crippen molar-refractivity contribution in [2.75, 3.05) is 0 Å². The van der Waals surface area contributed by atoms with E-state index in [-0.39, 0.29) is 45.1 Å². The van der Waals surface area contributed by atoms with E-state index in [0.29, 0.717) is 0 Å². The summed E-state index contributed by atoms with van der Waals surface area (Å²) in [5.41, 5.74) is 3.18. The van der Waals surface area contributed by atoms with E-state index >= 15 is 0 Å². The van der Waals surface area contributed by atoms with Crippen LogP contribution in [0.3, 0.4) is 0 Å². The molecule has 0 bridgehead atoms. The van der Waals surface area contributed by atoms with Gasteiger partial charge in [0, 0.05) is 23.0 Å². The van der Waals surface area contributed by atoms with Gasteiger partial charge in [-0.25, -0.2) is 0 Å². The molecule has 0 amide bonds. The number of Topliss-reactive ketones (excluding diaryl/α,β-unsaturated/α-hetero) is 2. The second-order valence-electron chi connectivity index (χ2n) is 13.7. The van der Waals surface area contributed by atoms with E-state index in [9.17, 15) is 9.59 Å². The summed E-state index contributed by atoms with van der Waals surface area (Å²) in [5, 5.41) is 0. The standard InChI is InChI=1S/C30H44O2/c1-27(2,3)21-15-19(16-22(25(21)31)28(4,5)6)13-14-20-17-23(29(7,8)9)26(32)24(18-20)30(10,11)12/h13-18,21,23H,1-12H3/b14-13+/t21-,23+. The Hall–Kier alpha value is -1.96. The molecular formula is C30H44O2. The molecule has 0 heterocycles. The molecule has 2 heteroatoms. The first kappa shape index (κ1) is 26.3. The molecule has 0 saturated heterocycles. The van der Waals surface area contributed by atoms with Crippen molar-refractivity contribution in [3.8, 4) is 0 Å². The predicted octanol–water partition coefficient (Wildman–Crippen LogP) is 7.83. The minimum atomic E-state index is -0.207. The van der Waals surface area contributed by atoms with Crippen LogP contribution in [0.2, 0.25) is 0 Å². The summed E-state index contributed by atoms with van der Waals surface area (Å²) in [6.07, 6.45) is 12.5. The highest BCUT2D eigenvalue weighted by atomic mass is 16.1. The minimum Gasteiger partial charge on any atom is -0.294 e. The second kappa shape index (κ2) is 8.43. The quantitative estimate of drug-likeness (QED) is 0.442. The van der Waals surface area contributed by atoms with Crippen LogP contribution in [0.5, 0.6) is 0 Å². The Morgan fingerprint density at radius 1 is 0.562 bits per heavy atom. The predicted molar refractivity (Wildman–Crippen MR) is 136 cm³/mol. The Kier molecular flexibility index (Phi) is 6.93. The SMILES string of the molecule is CC(C)(C)C1=CC(/C=C/C2=C[C@H](C(C)(C)C)C(=O)C(C(C)(C)C)=C2)=C[C@@H](C(C)(C)C)C1=O. The van der Waals surface area contributed by atoms with Gasteiger partial charge in [0.2, 0.25) is 0 Å². The van der Waals surface area contributed by atoms with Crippen LogP contribution in [0.25, 0.3) is 0 Å². The maximum Gasteiger partial charge on any atom is 0.166 e. The molecule has 2 aliphatic rings. The molecule has 2 aliphatic carbocycles. The summed E-state index contributed by atoms with van der Waals surface area (Å²) < 4.78 is 0. The zero-order valence-corrected chi connectivity index (χ0v) is 22.4. The fraction of sp³-hybridized carbons (Fsp3) is 0.600. The van der Waals surface area contributed by atoms with Gasteiger partial charge < -0.3 is 0 Å². The van der Waals surface area contributed by atoms with Gasteiger partial charge >= 0.3 is 0 Å². The van der Waals surface area contributed by atoms with E-state index in [1.165, 1.54) is 0 Å². The molecule has 0 N–H and O–H groups in total. The average Bonchev–Trinajstić information content (AvgIpc) is 2.57. The zero-order chi connectivity index (χ0) is 24.9. The summed E-state index contributed by atoms with van der Waals surface area (Å²) in [4.78, 5) is 26.4. The first-order valence-corrected chi connectivity index (χ1v) is 11.9. The first-order valence-electron chi connectivity index (χ1n) is 11.9. The summed E-state index contributed by atoms with van der Waals surface area (Å²) in [6, 6.07) is 0. The lowest BCUT2D eigenvalue weighted by Crippen LogP contribution is -2.34. The second-order valence-corrected chi connectivity index (χ2v) is 13.7. The van der Waals surface area contributed by atoms with Gasteiger partial charge in [-0.15, -0.1) is 0 Å². The van der Waals surface area contributed by atoms with Crippen LogP contribution in [0, 0.1) is 33.5 Å². The van der Waals surface area contributed by atoms with E-state index in [1.54, 1.807) is 0 Å². The van der Waals surface area contributed by atoms with Crippen LogP contribution in [0.4, 0.5) is 0 Å². The van der Waals surface area contributed by atoms with Crippen molar-refractivity contribution in [2.24, 2.45) is 33.5 Å². The van der Waals surface area contributed by atoms with Gasteiger partial charge in [-0.3, -0.25) is 9.59 Å². The average molecular weight is 437 g/mol. The number of ketones is 2. The van der Waals surface area contributed by atoms with Crippen molar-refractivity contribution >= 4 is 11.6 Å². The maximum absolute atomic E-state index is 13.2. The number of carbonyl (C=O) groups is 2. The molecule has 0 aromatic heterocycles. The molecular weight excluding hydrogens is 392 g/mol. The van der Waals surface area contributed by atoms with Crippen molar-refractivity contribution in [2.45, 2.75) is 83.1 Å². The van der Waals surface area contributed by atoms with Crippen LogP contribution in [-0.2, 0) is 9.59 Å². The van der Waals surface area contributed by atoms with Crippen LogP contribution in [-0.4, -0.2) is 11.6 Å². The van der Waals surface area contributed by atoms with E-state index in [4.69, 9.17) is 0 Å². The third kappa shape index (κ3) is 5.88. The van der Waals surface area contributed by atoms with Crippen LogP contribution < -0.4 is 0 Å². The molecule has 2 nitrogen and oxygen atoms in total. The molecule has 0 aliphatic heterocycles. The Bertz CT molecular complexity index is 855. The van der Waals surface area contributed by atoms with E-state index < -0.39 is 0 Å². The summed E-state index contributed by atoms with van der Waals surface area (Å²) >= 11 is 0. The van der Waals surface area contributed by atoms with E-state index in [1.807, 2.05) is 12.2 Å². The summed E-state index contributed by atoms with van der Waals surface area (Å²) in [6.45, 7) is 25.4. The van der Waals surface area contributed by atoms with Crippen molar-refractivity contribution in [3.63, 3.8) is 0 Å². The third-order valence-electron chi connectivity index (χ3n) is 6.39. The number of hydrogen-bond acceptors (Lipinski definition) is 2. The van der Waals surface area contributed by atoms with E-state index in [0.717, 1.165) is 22.3 Å². The smallest absolute Gasteiger partial charge is 0.166 e. The van der Waals surface area contributed by atoms with Gasteiger partial charge in [0.15, 0.2) is 11.6 Å². The number of carbonyl (C=O) groups excluding carboxylic acids is 2. The molecule has 2 atom stereocenters. The Morgan fingerprint density at radius 3 is 1.06 bits per heavy atom.